The fraction of sp³-hybridized carbons (Fsp3) is 0.548. The minimum Gasteiger partial charge on any atom is -0.445 e. The number of amides is 3. The number of fused-ring (bicyclic) bond motifs is 1. The van der Waals surface area contributed by atoms with Crippen molar-refractivity contribution in [3.05, 3.63) is 154 Å². The fourth-order valence-electron chi connectivity index (χ4n) is 11.8. The second kappa shape index (κ2) is 31.6. The van der Waals surface area contributed by atoms with Crippen LogP contribution in [0.5, 0.6) is 0 Å². The Morgan fingerprint density at radius 2 is 1.19 bits per heavy atom. The van der Waals surface area contributed by atoms with E-state index < -0.39 is 159 Å². The van der Waals surface area contributed by atoms with Gasteiger partial charge in [0.25, 0.3) is 0 Å². The molecule has 26 heteroatoms. The molecule has 4 aromatic rings. The molecule has 4 aromatic carbocycles. The van der Waals surface area contributed by atoms with Gasteiger partial charge in [0.1, 0.15) is 74.3 Å². The molecule has 9 N–H and O–H groups in total. The Hall–Kier alpha value is -6.85. The third kappa shape index (κ3) is 17.1. The number of Topliss-reactive ketones (excluding diaryl/α,β-unsaturated/α-hetero) is 1. The van der Waals surface area contributed by atoms with Gasteiger partial charge in [0.15, 0.2) is 18.9 Å². The molecule has 0 aromatic heterocycles. The summed E-state index contributed by atoms with van der Waals surface area (Å²) in [5.74, 6) is -3.18. The molecular weight excluding hydrogens is 1150 g/mol. The number of carbonyl (C=O) groups excluding carboxylic acids is 4. The molecule has 1 aliphatic carbocycles. The molecule has 1 saturated carbocycles. The van der Waals surface area contributed by atoms with Gasteiger partial charge in [-0.1, -0.05) is 140 Å². The Bertz CT molecular complexity index is 2910. The summed E-state index contributed by atoms with van der Waals surface area (Å²) in [6.45, 7) is 1.55. The van der Waals surface area contributed by atoms with Crippen molar-refractivity contribution in [3.63, 3.8) is 0 Å². The third-order valence-corrected chi connectivity index (χ3v) is 16.7. The quantitative estimate of drug-likeness (QED) is 0.0202. The smallest absolute Gasteiger partial charge is 0.407 e. The number of ketones is 1. The maximum atomic E-state index is 14.1. The van der Waals surface area contributed by atoms with E-state index in [1.165, 1.54) is 6.92 Å². The molecule has 9 rings (SSSR count). The first-order valence-electron chi connectivity index (χ1n) is 29.6. The van der Waals surface area contributed by atoms with Gasteiger partial charge in [0.2, 0.25) is 0 Å². The number of nitrogens with one attached hydrogen (secondary N) is 3. The highest BCUT2D eigenvalue weighted by Crippen LogP contribution is 2.42. The van der Waals surface area contributed by atoms with Crippen LogP contribution in [0, 0.1) is 17.8 Å². The van der Waals surface area contributed by atoms with E-state index in [4.69, 9.17) is 47.4 Å². The zero-order valence-corrected chi connectivity index (χ0v) is 48.7. The molecule has 3 amide bonds. The molecule has 5 fully saturated rings. The SMILES string of the molecule is C[C@H](C(=O)C[C@@H]1C[C@H](C)[C@@H](O[C@H]2O[C@H](CN=[N+]=[N-])C[C@@H](O)[C@H]2NC(=O)OCc2ccccc2)[C@H](O[C@@H]2O[C@H](CO)[C@@H](O[C@H]3O[C@H]4CCC(c5ccccc5)O[C@H]4[C@H](O)[C@H]3NC(=O)OCc3ccccc3)[C@H]2O)[C@H]1O)[C@@H](O)CNC(=O)OCc1ccccc1. The number of benzene rings is 4. The Kier molecular flexibility index (Phi) is 23.5. The largest absolute Gasteiger partial charge is 0.445 e. The molecule has 88 heavy (non-hydrogen) atoms. The van der Waals surface area contributed by atoms with Crippen molar-refractivity contribution in [3.8, 4) is 0 Å². The summed E-state index contributed by atoms with van der Waals surface area (Å²) >= 11 is 0. The van der Waals surface area contributed by atoms with E-state index in [0.29, 0.717) is 24.0 Å². The Morgan fingerprint density at radius 1 is 0.648 bits per heavy atom. The van der Waals surface area contributed by atoms with E-state index in [1.807, 2.05) is 42.5 Å². The number of hydrogen-bond acceptors (Lipinski definition) is 21. The lowest BCUT2D eigenvalue weighted by atomic mass is 9.73. The highest BCUT2D eigenvalue weighted by molar-refractivity contribution is 5.81. The van der Waals surface area contributed by atoms with Crippen LogP contribution in [0.3, 0.4) is 0 Å². The van der Waals surface area contributed by atoms with Gasteiger partial charge in [0, 0.05) is 30.2 Å². The summed E-state index contributed by atoms with van der Waals surface area (Å²) in [6, 6.07) is 33.4. The summed E-state index contributed by atoms with van der Waals surface area (Å²) < 4.78 is 61.5. The van der Waals surface area contributed by atoms with Gasteiger partial charge in [-0.05, 0) is 58.9 Å². The second-order valence-electron chi connectivity index (χ2n) is 22.9. The molecule has 21 atom stereocenters. The van der Waals surface area contributed by atoms with Crippen molar-refractivity contribution in [2.75, 3.05) is 19.7 Å². The van der Waals surface area contributed by atoms with Crippen molar-refractivity contribution in [1.29, 1.82) is 0 Å². The molecule has 476 valence electrons. The van der Waals surface area contributed by atoms with Gasteiger partial charge >= 0.3 is 18.3 Å². The molecule has 0 bridgehead atoms. The molecule has 1 unspecified atom stereocenters. The van der Waals surface area contributed by atoms with Gasteiger partial charge in [-0.15, -0.1) is 0 Å². The minimum absolute atomic E-state index is 0.0275. The van der Waals surface area contributed by atoms with Gasteiger partial charge in [-0.25, -0.2) is 14.4 Å². The van der Waals surface area contributed by atoms with Crippen molar-refractivity contribution in [1.82, 2.24) is 16.0 Å². The lowest BCUT2D eigenvalue weighted by molar-refractivity contribution is -0.311. The maximum absolute atomic E-state index is 14.1. The number of rotatable bonds is 24. The number of azide groups is 1. The lowest BCUT2D eigenvalue weighted by Gasteiger charge is -2.48. The number of aliphatic hydroxyl groups is 6. The van der Waals surface area contributed by atoms with E-state index in [1.54, 1.807) is 85.8 Å². The van der Waals surface area contributed by atoms with Crippen LogP contribution in [0.4, 0.5) is 14.4 Å². The number of hydrogen-bond donors (Lipinski definition) is 9. The third-order valence-electron chi connectivity index (χ3n) is 16.7. The summed E-state index contributed by atoms with van der Waals surface area (Å²) in [5, 5.41) is 82.1. The van der Waals surface area contributed by atoms with Crippen LogP contribution in [0.2, 0.25) is 0 Å². The molecule has 4 aliphatic heterocycles. The summed E-state index contributed by atoms with van der Waals surface area (Å²) in [6.07, 6.45) is -23.7. The van der Waals surface area contributed by atoms with E-state index >= 15 is 0 Å². The van der Waals surface area contributed by atoms with E-state index in [2.05, 4.69) is 26.0 Å². The molecule has 5 aliphatic rings. The standard InChI is InChI=1S/C62H78N6O20/c1-34-25-40(26-42(70)35(2)44(72)29-64-60(76)79-31-36-15-7-3-8-16-36)50(73)56(53(34)86-57-48(43(71)27-41(82-57)28-65-68-63)66-61(77)80-32-37-17-9-4-10-18-37)88-59-52(75)55(47(30-69)85-59)87-58-49(67-62(78)81-33-38-19-11-5-12-20-38)51(74)54-46(84-58)24-23-45(83-54)39-21-13-6-14-22-39/h3-22,34-35,40-41,43-59,69,71-75H,23-33H2,1-2H3,(H,64,76)(H,66,77)(H,67,78)/t34-,35+,40-,41-,43+,44-,45?,46-,47+,48+,49+,50-,51+,52+,53+,54+,55+,56+,57+,58+,59-/m0/s1. The van der Waals surface area contributed by atoms with E-state index in [-0.39, 0.29) is 52.2 Å². The fourth-order valence-corrected chi connectivity index (χ4v) is 11.8. The number of alkyl carbamates (subject to hydrolysis) is 3. The topological polar surface area (TPSA) is 367 Å². The number of carbonyl (C=O) groups is 4. The lowest BCUT2D eigenvalue weighted by Crippen LogP contribution is -2.66. The van der Waals surface area contributed by atoms with Crippen molar-refractivity contribution in [2.24, 2.45) is 22.9 Å². The monoisotopic (exact) mass is 1230 g/mol. The molecular formula is C62H78N6O20. The van der Waals surface area contributed by atoms with Crippen LogP contribution < -0.4 is 16.0 Å². The first-order chi connectivity index (χ1) is 42.6. The summed E-state index contributed by atoms with van der Waals surface area (Å²) in [5.41, 5.74) is 12.2. The highest BCUT2D eigenvalue weighted by atomic mass is 16.8. The van der Waals surface area contributed by atoms with Gasteiger partial charge < -0.3 is 94.0 Å². The molecule has 0 radical (unpaired) electrons. The van der Waals surface area contributed by atoms with E-state index in [0.717, 1.165) is 11.1 Å². The van der Waals surface area contributed by atoms with Gasteiger partial charge in [-0.2, -0.15) is 0 Å². The molecule has 4 heterocycles. The van der Waals surface area contributed by atoms with Gasteiger partial charge in [0.05, 0.1) is 55.9 Å². The zero-order valence-electron chi connectivity index (χ0n) is 48.7. The van der Waals surface area contributed by atoms with Crippen LogP contribution in [0.1, 0.15) is 74.3 Å². The summed E-state index contributed by atoms with van der Waals surface area (Å²) in [4.78, 5) is 56.5. The Morgan fingerprint density at radius 3 is 1.78 bits per heavy atom. The normalized spacial score (nSPS) is 32.6. The number of nitrogens with zero attached hydrogens (tertiary/aromatic N) is 3. The highest BCUT2D eigenvalue weighted by Gasteiger charge is 2.56. The van der Waals surface area contributed by atoms with Crippen molar-refractivity contribution in [2.45, 2.75) is 176 Å². The van der Waals surface area contributed by atoms with Crippen LogP contribution >= 0.6 is 0 Å². The maximum Gasteiger partial charge on any atom is 0.407 e. The molecule has 0 spiro atoms. The predicted octanol–water partition coefficient (Wildman–Crippen LogP) is 4.50. The second-order valence-corrected chi connectivity index (χ2v) is 22.9. The summed E-state index contributed by atoms with van der Waals surface area (Å²) in [7, 11) is 0. The van der Waals surface area contributed by atoms with Crippen LogP contribution in [-0.2, 0) is 72.0 Å². The van der Waals surface area contributed by atoms with Gasteiger partial charge in [-0.3, -0.25) is 4.79 Å². The van der Waals surface area contributed by atoms with E-state index in [9.17, 15) is 55.3 Å². The van der Waals surface area contributed by atoms with Crippen molar-refractivity contribution < 1.29 is 97.2 Å². The minimum atomic E-state index is -1.83. The Balaban J connectivity index is 0.945. The average molecular weight is 1230 g/mol. The van der Waals surface area contributed by atoms with Crippen LogP contribution in [0.25, 0.3) is 10.4 Å². The zero-order chi connectivity index (χ0) is 62.3. The Labute approximate surface area is 508 Å². The first kappa shape index (κ1) is 65.6. The molecule has 4 saturated heterocycles. The first-order valence-corrected chi connectivity index (χ1v) is 29.6. The van der Waals surface area contributed by atoms with Crippen LogP contribution in [-0.4, -0.2) is 179 Å². The predicted molar refractivity (Wildman–Crippen MR) is 307 cm³/mol. The average Bonchev–Trinajstić information content (AvgIpc) is 1.44. The van der Waals surface area contributed by atoms with Crippen LogP contribution in [0.15, 0.2) is 126 Å². The molecule has 26 nitrogen and oxygen atoms in total. The number of aliphatic hydroxyl groups excluding tert-OH is 6. The number of ether oxygens (including phenoxy) is 10. The van der Waals surface area contributed by atoms with Crippen molar-refractivity contribution >= 4 is 24.1 Å².